The lowest BCUT2D eigenvalue weighted by atomic mass is 9.77. The zero-order valence-electron chi connectivity index (χ0n) is 23.7. The van der Waals surface area contributed by atoms with Gasteiger partial charge in [0.25, 0.3) is 0 Å². The minimum Gasteiger partial charge on any atom is -0.494 e. The number of anilines is 4. The number of nitrogens with zero attached hydrogens (tertiary/aromatic N) is 6. The zero-order chi connectivity index (χ0) is 28.6. The van der Waals surface area contributed by atoms with E-state index in [1.807, 2.05) is 50.5 Å². The number of methoxy groups -OCH3 is 1. The molecule has 0 radical (unpaired) electrons. The molecule has 2 saturated heterocycles. The summed E-state index contributed by atoms with van der Waals surface area (Å²) in [6.45, 7) is 7.95. The van der Waals surface area contributed by atoms with E-state index in [-0.39, 0.29) is 5.78 Å². The van der Waals surface area contributed by atoms with Gasteiger partial charge in [-0.3, -0.25) is 14.4 Å². The van der Waals surface area contributed by atoms with Crippen molar-refractivity contribution in [1.82, 2.24) is 29.6 Å². The van der Waals surface area contributed by atoms with Gasteiger partial charge in [0.2, 0.25) is 0 Å². The van der Waals surface area contributed by atoms with E-state index in [9.17, 15) is 4.79 Å². The molecular formula is C30H34N8O3. The van der Waals surface area contributed by atoms with Gasteiger partial charge in [-0.1, -0.05) is 19.1 Å². The van der Waals surface area contributed by atoms with Crippen molar-refractivity contribution in [3.8, 4) is 17.1 Å². The third-order valence-electron chi connectivity index (χ3n) is 7.82. The fourth-order valence-corrected chi connectivity index (χ4v) is 5.41. The molecule has 6 rings (SSSR count). The number of ether oxygens (including phenoxy) is 2. The first-order valence-electron chi connectivity index (χ1n) is 13.8. The van der Waals surface area contributed by atoms with Crippen LogP contribution in [0.1, 0.15) is 42.2 Å². The molecule has 41 heavy (non-hydrogen) atoms. The molecule has 0 bridgehead atoms. The standard InChI is InChI=1S/C30H34N8O3/c1-5-25(39)22-13-32-27(35-26-10-9-20(12-31-26)19(2)38-14-30(15-38)16-41-17-30)11-24(22)34-23-8-6-7-21(28(23)40-4)29-33-18-37(3)36-29/h6-13,18-19H,5,14-17H2,1-4H3,(H2,31,32,34,35)/t19-/m1/s1. The maximum atomic E-state index is 12.8. The Hall–Kier alpha value is -4.35. The number of benzene rings is 1. The average Bonchev–Trinajstić information content (AvgIpc) is 3.37. The van der Waals surface area contributed by atoms with Gasteiger partial charge in [-0.05, 0) is 30.7 Å². The Labute approximate surface area is 238 Å². The highest BCUT2D eigenvalue weighted by atomic mass is 16.5. The van der Waals surface area contributed by atoms with Crippen molar-refractivity contribution in [3.63, 3.8) is 0 Å². The van der Waals surface area contributed by atoms with Crippen LogP contribution < -0.4 is 15.4 Å². The molecule has 4 aromatic rings. The molecule has 0 saturated carbocycles. The van der Waals surface area contributed by atoms with Crippen molar-refractivity contribution < 1.29 is 14.3 Å². The molecule has 212 valence electrons. The van der Waals surface area contributed by atoms with E-state index in [1.165, 1.54) is 5.56 Å². The summed E-state index contributed by atoms with van der Waals surface area (Å²) in [5.41, 5.74) is 4.06. The molecule has 0 amide bonds. The number of likely N-dealkylation sites (tertiary alicyclic amines) is 1. The summed E-state index contributed by atoms with van der Waals surface area (Å²) in [6, 6.07) is 11.8. The maximum Gasteiger partial charge on any atom is 0.184 e. The number of hydrogen-bond donors (Lipinski definition) is 2. The van der Waals surface area contributed by atoms with E-state index in [1.54, 1.807) is 24.3 Å². The summed E-state index contributed by atoms with van der Waals surface area (Å²) in [7, 11) is 3.41. The summed E-state index contributed by atoms with van der Waals surface area (Å²) < 4.78 is 12.8. The summed E-state index contributed by atoms with van der Waals surface area (Å²) in [4.78, 5) is 28.8. The SMILES string of the molecule is CCC(=O)c1cnc(Nc2ccc([C@@H](C)N3CC4(COC4)C3)cn2)cc1Nc1cccc(-c2ncn(C)n2)c1OC. The normalized spacial score (nSPS) is 16.5. The lowest BCUT2D eigenvalue weighted by molar-refractivity contribution is -0.197. The second-order valence-electron chi connectivity index (χ2n) is 10.8. The molecule has 2 fully saturated rings. The van der Waals surface area contributed by atoms with Crippen molar-refractivity contribution in [2.24, 2.45) is 12.5 Å². The highest BCUT2D eigenvalue weighted by Gasteiger charge is 2.50. The predicted molar refractivity (Wildman–Crippen MR) is 156 cm³/mol. The topological polar surface area (TPSA) is 119 Å². The first-order valence-corrected chi connectivity index (χ1v) is 13.8. The van der Waals surface area contributed by atoms with Crippen LogP contribution in [0.2, 0.25) is 0 Å². The van der Waals surface area contributed by atoms with Crippen molar-refractivity contribution >= 4 is 28.8 Å². The van der Waals surface area contributed by atoms with Crippen LogP contribution in [0, 0.1) is 5.41 Å². The first-order chi connectivity index (χ1) is 19.9. The Morgan fingerprint density at radius 3 is 2.51 bits per heavy atom. The van der Waals surface area contributed by atoms with Crippen molar-refractivity contribution in [1.29, 1.82) is 0 Å². The van der Waals surface area contributed by atoms with Gasteiger partial charge >= 0.3 is 0 Å². The minimum atomic E-state index is -0.0224. The fraction of sp³-hybridized carbons (Fsp3) is 0.367. The summed E-state index contributed by atoms with van der Waals surface area (Å²) >= 11 is 0. The summed E-state index contributed by atoms with van der Waals surface area (Å²) in [6.07, 6.45) is 5.49. The van der Waals surface area contributed by atoms with Crippen molar-refractivity contribution in [2.75, 3.05) is 44.0 Å². The zero-order valence-corrected chi connectivity index (χ0v) is 23.7. The molecule has 1 spiro atoms. The number of ketones is 1. The number of hydrogen-bond acceptors (Lipinski definition) is 10. The van der Waals surface area contributed by atoms with Gasteiger partial charge in [0.05, 0.1) is 42.8 Å². The third-order valence-corrected chi connectivity index (χ3v) is 7.82. The van der Waals surface area contributed by atoms with Crippen LogP contribution in [0.3, 0.4) is 0 Å². The number of pyridine rings is 2. The van der Waals surface area contributed by atoms with Gasteiger partial charge in [0.1, 0.15) is 18.0 Å². The second kappa shape index (κ2) is 10.9. The van der Waals surface area contributed by atoms with Crippen LogP contribution >= 0.6 is 0 Å². The van der Waals surface area contributed by atoms with E-state index in [0.717, 1.165) is 31.9 Å². The van der Waals surface area contributed by atoms with Gasteiger partial charge in [0, 0.05) is 56.5 Å². The number of nitrogens with one attached hydrogen (secondary N) is 2. The van der Waals surface area contributed by atoms with Crippen LogP contribution in [0.4, 0.5) is 23.0 Å². The maximum absolute atomic E-state index is 12.8. The molecule has 5 heterocycles. The van der Waals surface area contributed by atoms with Crippen LogP contribution in [0.5, 0.6) is 5.75 Å². The molecule has 1 atom stereocenters. The molecular weight excluding hydrogens is 520 g/mol. The van der Waals surface area contributed by atoms with Crippen LogP contribution in [-0.4, -0.2) is 68.8 Å². The Kier molecular flexibility index (Phi) is 7.14. The molecule has 0 aliphatic carbocycles. The molecule has 2 N–H and O–H groups in total. The lowest BCUT2D eigenvalue weighted by Crippen LogP contribution is -2.66. The van der Waals surface area contributed by atoms with E-state index < -0.39 is 0 Å². The highest BCUT2D eigenvalue weighted by molar-refractivity contribution is 6.02. The van der Waals surface area contributed by atoms with E-state index in [2.05, 4.69) is 48.6 Å². The molecule has 2 aliphatic rings. The number of aryl methyl sites for hydroxylation is 1. The van der Waals surface area contributed by atoms with Gasteiger partial charge in [0.15, 0.2) is 17.4 Å². The van der Waals surface area contributed by atoms with E-state index >= 15 is 0 Å². The quantitative estimate of drug-likeness (QED) is 0.266. The summed E-state index contributed by atoms with van der Waals surface area (Å²) in [5, 5.41) is 11.1. The van der Waals surface area contributed by atoms with Crippen molar-refractivity contribution in [2.45, 2.75) is 26.3 Å². The largest absolute Gasteiger partial charge is 0.494 e. The predicted octanol–water partition coefficient (Wildman–Crippen LogP) is 4.75. The van der Waals surface area contributed by atoms with Gasteiger partial charge < -0.3 is 20.1 Å². The third kappa shape index (κ3) is 5.25. The van der Waals surface area contributed by atoms with Gasteiger partial charge in [-0.2, -0.15) is 5.10 Å². The number of carbonyl (C=O) groups is 1. The Bertz CT molecular complexity index is 1560. The minimum absolute atomic E-state index is 0.0224. The Balaban J connectivity index is 1.22. The van der Waals surface area contributed by atoms with Gasteiger partial charge in [-0.15, -0.1) is 0 Å². The van der Waals surface area contributed by atoms with Gasteiger partial charge in [-0.25, -0.2) is 15.0 Å². The van der Waals surface area contributed by atoms with E-state index in [0.29, 0.717) is 58.0 Å². The molecule has 3 aromatic heterocycles. The number of para-hydroxylation sites is 1. The number of aromatic nitrogens is 5. The van der Waals surface area contributed by atoms with Crippen molar-refractivity contribution in [3.05, 3.63) is 66.2 Å². The van der Waals surface area contributed by atoms with E-state index in [4.69, 9.17) is 9.47 Å². The highest BCUT2D eigenvalue weighted by Crippen LogP contribution is 2.42. The Morgan fingerprint density at radius 2 is 1.88 bits per heavy atom. The number of rotatable bonds is 10. The number of Topliss-reactive ketones (excluding diaryl/α,β-unsaturated/α-hetero) is 1. The molecule has 0 unspecified atom stereocenters. The molecule has 2 aliphatic heterocycles. The smallest absolute Gasteiger partial charge is 0.184 e. The second-order valence-corrected chi connectivity index (χ2v) is 10.8. The molecule has 1 aromatic carbocycles. The molecule has 11 nitrogen and oxygen atoms in total. The first kappa shape index (κ1) is 26.9. The molecule has 11 heteroatoms. The summed E-state index contributed by atoms with van der Waals surface area (Å²) in [5.74, 6) is 2.33. The number of carbonyl (C=O) groups excluding carboxylic acids is 1. The monoisotopic (exact) mass is 554 g/mol. The average molecular weight is 555 g/mol. The van der Waals surface area contributed by atoms with Crippen LogP contribution in [-0.2, 0) is 11.8 Å². The van der Waals surface area contributed by atoms with Crippen LogP contribution in [0.25, 0.3) is 11.4 Å². The Morgan fingerprint density at radius 1 is 1.07 bits per heavy atom. The lowest BCUT2D eigenvalue weighted by Gasteiger charge is -2.57. The fourth-order valence-electron chi connectivity index (χ4n) is 5.41. The van der Waals surface area contributed by atoms with Crippen LogP contribution in [0.15, 0.2) is 55.1 Å².